The van der Waals surface area contributed by atoms with Crippen LogP contribution in [0.4, 0.5) is 4.79 Å². The van der Waals surface area contributed by atoms with E-state index in [1.807, 2.05) is 12.1 Å². The van der Waals surface area contributed by atoms with Crippen molar-refractivity contribution in [3.8, 4) is 5.75 Å². The second kappa shape index (κ2) is 12.1. The molecule has 0 radical (unpaired) electrons. The summed E-state index contributed by atoms with van der Waals surface area (Å²) >= 11 is 0. The largest absolute Gasteiger partial charge is 0.494 e. The fourth-order valence-corrected chi connectivity index (χ4v) is 2.50. The maximum absolute atomic E-state index is 12.6. The highest BCUT2D eigenvalue weighted by Crippen LogP contribution is 2.16. The lowest BCUT2D eigenvalue weighted by Crippen LogP contribution is -2.47. The third-order valence-electron chi connectivity index (χ3n) is 3.74. The van der Waals surface area contributed by atoms with Gasteiger partial charge in [-0.3, -0.25) is 0 Å². The molecule has 31 heavy (non-hydrogen) atoms. The van der Waals surface area contributed by atoms with E-state index in [-0.39, 0.29) is 6.42 Å². The molecule has 0 bridgehead atoms. The fourth-order valence-electron chi connectivity index (χ4n) is 2.50. The number of carbonyl (C=O) groups excluding carboxylic acids is 3. The lowest BCUT2D eigenvalue weighted by atomic mass is 10.1. The molecular formula is C23H34N2O6. The Labute approximate surface area is 184 Å². The number of isocyanates is 1. The molecule has 1 aromatic rings. The van der Waals surface area contributed by atoms with Gasteiger partial charge in [0.25, 0.3) is 0 Å². The van der Waals surface area contributed by atoms with Crippen LogP contribution in [0.15, 0.2) is 29.3 Å². The Morgan fingerprint density at radius 2 is 1.61 bits per heavy atom. The number of carbonyl (C=O) groups is 2. The zero-order chi connectivity index (χ0) is 23.5. The van der Waals surface area contributed by atoms with Crippen LogP contribution in [-0.4, -0.2) is 48.5 Å². The van der Waals surface area contributed by atoms with Crippen LogP contribution in [0.1, 0.15) is 59.9 Å². The van der Waals surface area contributed by atoms with Crippen molar-refractivity contribution in [2.24, 2.45) is 4.99 Å². The predicted molar refractivity (Wildman–Crippen MR) is 117 cm³/mol. The van der Waals surface area contributed by atoms with Crippen molar-refractivity contribution in [2.45, 2.75) is 78.0 Å². The molecule has 8 nitrogen and oxygen atoms in total. The van der Waals surface area contributed by atoms with Gasteiger partial charge in [-0.15, -0.1) is 0 Å². The van der Waals surface area contributed by atoms with Gasteiger partial charge in [-0.1, -0.05) is 12.1 Å². The Morgan fingerprint density at radius 1 is 1.00 bits per heavy atom. The van der Waals surface area contributed by atoms with E-state index in [1.165, 1.54) is 6.08 Å². The molecule has 1 amide bonds. The van der Waals surface area contributed by atoms with E-state index < -0.39 is 29.3 Å². The summed E-state index contributed by atoms with van der Waals surface area (Å²) in [6.45, 7) is 11.5. The van der Waals surface area contributed by atoms with Gasteiger partial charge in [-0.05, 0) is 72.1 Å². The lowest BCUT2D eigenvalue weighted by molar-refractivity contribution is -0.157. The summed E-state index contributed by atoms with van der Waals surface area (Å²) < 4.78 is 16.4. The first kappa shape index (κ1) is 26.2. The molecular weight excluding hydrogens is 400 g/mol. The highest BCUT2D eigenvalue weighted by Gasteiger charge is 2.28. The number of nitrogens with zero attached hydrogens (tertiary/aromatic N) is 1. The number of nitrogens with one attached hydrogen (secondary N) is 1. The second-order valence-electron chi connectivity index (χ2n) is 9.11. The van der Waals surface area contributed by atoms with E-state index >= 15 is 0 Å². The van der Waals surface area contributed by atoms with Crippen LogP contribution >= 0.6 is 0 Å². The highest BCUT2D eigenvalue weighted by atomic mass is 16.6. The van der Waals surface area contributed by atoms with Crippen LogP contribution in [0.3, 0.4) is 0 Å². The molecule has 172 valence electrons. The number of aliphatic imine (C=N–C) groups is 1. The Kier molecular flexibility index (Phi) is 10.2. The first-order valence-electron chi connectivity index (χ1n) is 10.4. The van der Waals surface area contributed by atoms with Crippen LogP contribution in [0.5, 0.6) is 5.75 Å². The molecule has 1 N–H and O–H groups in total. The number of esters is 1. The van der Waals surface area contributed by atoms with Crippen molar-refractivity contribution in [1.82, 2.24) is 5.32 Å². The smallest absolute Gasteiger partial charge is 0.408 e. The molecule has 0 aromatic heterocycles. The van der Waals surface area contributed by atoms with Crippen LogP contribution < -0.4 is 10.1 Å². The SMILES string of the molecule is CC(C)(C)OC(=O)N[C@@H](Cc1ccc(OCCCCN=C=O)cc1)C(=O)OC(C)(C)C. The van der Waals surface area contributed by atoms with Gasteiger partial charge in [0.15, 0.2) is 0 Å². The summed E-state index contributed by atoms with van der Waals surface area (Å²) in [6.07, 6.45) is 2.60. The third-order valence-corrected chi connectivity index (χ3v) is 3.74. The number of alkyl carbamates (subject to hydrolysis) is 1. The van der Waals surface area contributed by atoms with Gasteiger partial charge in [0, 0.05) is 6.42 Å². The molecule has 0 saturated carbocycles. The van der Waals surface area contributed by atoms with Crippen LogP contribution in [0.25, 0.3) is 0 Å². The quantitative estimate of drug-likeness (QED) is 0.259. The monoisotopic (exact) mass is 434 g/mol. The average molecular weight is 435 g/mol. The molecule has 0 unspecified atom stereocenters. The number of rotatable bonds is 10. The van der Waals surface area contributed by atoms with E-state index in [2.05, 4.69) is 10.3 Å². The first-order valence-corrected chi connectivity index (χ1v) is 10.4. The van der Waals surface area contributed by atoms with E-state index in [0.717, 1.165) is 18.4 Å². The maximum atomic E-state index is 12.6. The molecule has 0 spiro atoms. The Hall–Kier alpha value is -2.86. The van der Waals surface area contributed by atoms with Crippen molar-refractivity contribution in [3.05, 3.63) is 29.8 Å². The molecule has 0 saturated heterocycles. The van der Waals surface area contributed by atoms with Crippen molar-refractivity contribution in [1.29, 1.82) is 0 Å². The third kappa shape index (κ3) is 12.4. The van der Waals surface area contributed by atoms with Gasteiger partial charge in [0.05, 0.1) is 13.2 Å². The topological polar surface area (TPSA) is 103 Å². The van der Waals surface area contributed by atoms with Crippen molar-refractivity contribution in [2.75, 3.05) is 13.2 Å². The van der Waals surface area contributed by atoms with Crippen LogP contribution in [0.2, 0.25) is 0 Å². The zero-order valence-corrected chi connectivity index (χ0v) is 19.3. The second-order valence-corrected chi connectivity index (χ2v) is 9.11. The number of unbranched alkanes of at least 4 members (excludes halogenated alkanes) is 1. The maximum Gasteiger partial charge on any atom is 0.408 e. The van der Waals surface area contributed by atoms with Crippen molar-refractivity contribution >= 4 is 18.1 Å². The molecule has 0 aliphatic rings. The summed E-state index contributed by atoms with van der Waals surface area (Å²) in [5.41, 5.74) is -0.527. The normalized spacial score (nSPS) is 12.3. The minimum atomic E-state index is -0.890. The van der Waals surface area contributed by atoms with Gasteiger partial charge in [0.1, 0.15) is 23.0 Å². The molecule has 0 aliphatic heterocycles. The molecule has 1 atom stereocenters. The number of benzene rings is 1. The Bertz CT molecular complexity index is 756. The lowest BCUT2D eigenvalue weighted by Gasteiger charge is -2.26. The summed E-state index contributed by atoms with van der Waals surface area (Å²) in [5, 5.41) is 2.61. The minimum absolute atomic E-state index is 0.248. The Morgan fingerprint density at radius 3 is 2.16 bits per heavy atom. The molecule has 1 rings (SSSR count). The van der Waals surface area contributed by atoms with Crippen LogP contribution in [0, 0.1) is 0 Å². The van der Waals surface area contributed by atoms with E-state index in [9.17, 15) is 14.4 Å². The van der Waals surface area contributed by atoms with E-state index in [1.54, 1.807) is 53.7 Å². The van der Waals surface area contributed by atoms with Gasteiger partial charge in [-0.25, -0.2) is 19.4 Å². The summed E-state index contributed by atoms with van der Waals surface area (Å²) in [4.78, 5) is 38.3. The molecule has 0 heterocycles. The molecule has 1 aromatic carbocycles. The Balaban J connectivity index is 2.73. The number of ether oxygens (including phenoxy) is 3. The predicted octanol–water partition coefficient (Wildman–Crippen LogP) is 3.96. The van der Waals surface area contributed by atoms with Crippen molar-refractivity contribution in [3.63, 3.8) is 0 Å². The summed E-state index contributed by atoms with van der Waals surface area (Å²) in [5.74, 6) is 0.160. The van der Waals surface area contributed by atoms with Gasteiger partial charge in [0.2, 0.25) is 6.08 Å². The number of hydrogen-bond acceptors (Lipinski definition) is 7. The summed E-state index contributed by atoms with van der Waals surface area (Å²) in [7, 11) is 0. The number of amides is 1. The first-order chi connectivity index (χ1) is 14.4. The van der Waals surface area contributed by atoms with E-state index in [0.29, 0.717) is 18.9 Å². The molecule has 8 heteroatoms. The van der Waals surface area contributed by atoms with Gasteiger partial charge < -0.3 is 19.5 Å². The van der Waals surface area contributed by atoms with Crippen molar-refractivity contribution < 1.29 is 28.6 Å². The van der Waals surface area contributed by atoms with E-state index in [4.69, 9.17) is 14.2 Å². The summed E-state index contributed by atoms with van der Waals surface area (Å²) in [6, 6.07) is 6.39. The standard InChI is InChI=1S/C23H34N2O6/c1-22(2,3)30-20(27)19(25-21(28)31-23(4,5)6)15-17-9-11-18(12-10-17)29-14-8-7-13-24-16-26/h9-12,19H,7-8,13-15H2,1-6H3,(H,25,28)/t19-/m0/s1. The van der Waals surface area contributed by atoms with Crippen LogP contribution in [-0.2, 0) is 25.5 Å². The minimum Gasteiger partial charge on any atom is -0.494 e. The fraction of sp³-hybridized carbons (Fsp3) is 0.609. The molecule has 0 aliphatic carbocycles. The average Bonchev–Trinajstić information content (AvgIpc) is 2.62. The highest BCUT2D eigenvalue weighted by molar-refractivity contribution is 5.82. The number of hydrogen-bond donors (Lipinski definition) is 1. The van der Waals surface area contributed by atoms with Gasteiger partial charge in [-0.2, -0.15) is 0 Å². The zero-order valence-electron chi connectivity index (χ0n) is 19.3. The molecule has 0 fully saturated rings. The van der Waals surface area contributed by atoms with Gasteiger partial charge >= 0.3 is 12.1 Å².